The van der Waals surface area contributed by atoms with Gasteiger partial charge in [-0.25, -0.2) is 0 Å². The van der Waals surface area contributed by atoms with Gasteiger partial charge in [0.25, 0.3) is 0 Å². The highest BCUT2D eigenvalue weighted by Crippen LogP contribution is 2.22. The van der Waals surface area contributed by atoms with Gasteiger partial charge >= 0.3 is 0 Å². The van der Waals surface area contributed by atoms with E-state index in [9.17, 15) is 4.79 Å². The van der Waals surface area contributed by atoms with Gasteiger partial charge in [0, 0.05) is 11.6 Å². The molecule has 0 spiro atoms. The Hall–Kier alpha value is -3.20. The van der Waals surface area contributed by atoms with E-state index < -0.39 is 0 Å². The Morgan fingerprint density at radius 2 is 1.75 bits per heavy atom. The molecular formula is C21H16N2O. The Morgan fingerprint density at radius 1 is 0.875 bits per heavy atom. The molecule has 1 amide bonds. The van der Waals surface area contributed by atoms with Crippen LogP contribution in [-0.4, -0.2) is 10.9 Å². The van der Waals surface area contributed by atoms with Crippen molar-refractivity contribution < 1.29 is 4.79 Å². The molecule has 4 aromatic rings. The van der Waals surface area contributed by atoms with Gasteiger partial charge in [-0.05, 0) is 40.6 Å². The maximum atomic E-state index is 12.4. The summed E-state index contributed by atoms with van der Waals surface area (Å²) in [5, 5.41) is 6.29. The monoisotopic (exact) mass is 312 g/mol. The van der Waals surface area contributed by atoms with Crippen LogP contribution in [0.5, 0.6) is 0 Å². The van der Waals surface area contributed by atoms with E-state index in [1.165, 1.54) is 5.39 Å². The molecule has 0 aliphatic heterocycles. The Morgan fingerprint density at radius 3 is 2.67 bits per heavy atom. The molecule has 24 heavy (non-hydrogen) atoms. The number of amides is 1. The Labute approximate surface area is 140 Å². The number of aromatic nitrogens is 1. The van der Waals surface area contributed by atoms with Gasteiger partial charge in [0.15, 0.2) is 0 Å². The van der Waals surface area contributed by atoms with E-state index in [0.717, 1.165) is 27.5 Å². The molecule has 3 heteroatoms. The van der Waals surface area contributed by atoms with Crippen molar-refractivity contribution in [2.75, 3.05) is 5.32 Å². The maximum Gasteiger partial charge on any atom is 0.228 e. The quantitative estimate of drug-likeness (QED) is 0.602. The number of anilines is 1. The van der Waals surface area contributed by atoms with E-state index in [4.69, 9.17) is 0 Å². The van der Waals surface area contributed by atoms with Crippen LogP contribution >= 0.6 is 0 Å². The zero-order valence-electron chi connectivity index (χ0n) is 13.1. The lowest BCUT2D eigenvalue weighted by Crippen LogP contribution is -2.14. The standard InChI is InChI=1S/C21H16N2O/c24-21(14-15-10-11-16-5-1-2-6-17(16)13-15)23-20-9-3-8-19-18(20)7-4-12-22-19/h1-13H,14H2,(H,23,24). The molecule has 116 valence electrons. The Bertz CT molecular complexity index is 1030. The average Bonchev–Trinajstić information content (AvgIpc) is 2.62. The second kappa shape index (κ2) is 6.13. The van der Waals surface area contributed by atoms with Gasteiger partial charge in [-0.3, -0.25) is 9.78 Å². The van der Waals surface area contributed by atoms with Crippen LogP contribution in [0, 0.1) is 0 Å². The molecule has 3 aromatic carbocycles. The van der Waals surface area contributed by atoms with Gasteiger partial charge in [-0.2, -0.15) is 0 Å². The van der Waals surface area contributed by atoms with Crippen LogP contribution in [0.2, 0.25) is 0 Å². The number of carbonyl (C=O) groups excluding carboxylic acids is 1. The van der Waals surface area contributed by atoms with Gasteiger partial charge in [0.05, 0.1) is 17.6 Å². The lowest BCUT2D eigenvalue weighted by Gasteiger charge is -2.09. The van der Waals surface area contributed by atoms with E-state index >= 15 is 0 Å². The first kappa shape index (κ1) is 14.4. The molecule has 1 N–H and O–H groups in total. The van der Waals surface area contributed by atoms with Crippen LogP contribution in [0.4, 0.5) is 5.69 Å². The topological polar surface area (TPSA) is 42.0 Å². The fourth-order valence-electron chi connectivity index (χ4n) is 2.94. The van der Waals surface area contributed by atoms with Crippen molar-refractivity contribution in [1.82, 2.24) is 4.98 Å². The summed E-state index contributed by atoms with van der Waals surface area (Å²) >= 11 is 0. The summed E-state index contributed by atoms with van der Waals surface area (Å²) in [5.41, 5.74) is 2.68. The van der Waals surface area contributed by atoms with Crippen molar-refractivity contribution in [3.05, 3.63) is 84.6 Å². The zero-order chi connectivity index (χ0) is 16.4. The van der Waals surface area contributed by atoms with Crippen molar-refractivity contribution in [2.24, 2.45) is 0 Å². The minimum Gasteiger partial charge on any atom is -0.325 e. The number of hydrogen-bond acceptors (Lipinski definition) is 2. The molecule has 0 aliphatic carbocycles. The average molecular weight is 312 g/mol. The van der Waals surface area contributed by atoms with Crippen LogP contribution in [0.25, 0.3) is 21.7 Å². The summed E-state index contributed by atoms with van der Waals surface area (Å²) < 4.78 is 0. The molecule has 0 fully saturated rings. The van der Waals surface area contributed by atoms with Crippen LogP contribution in [0.1, 0.15) is 5.56 Å². The van der Waals surface area contributed by atoms with Crippen LogP contribution < -0.4 is 5.32 Å². The van der Waals surface area contributed by atoms with Gasteiger partial charge in [-0.1, -0.05) is 48.5 Å². The zero-order valence-corrected chi connectivity index (χ0v) is 13.1. The molecule has 1 heterocycles. The van der Waals surface area contributed by atoms with Gasteiger partial charge in [0.2, 0.25) is 5.91 Å². The molecule has 0 radical (unpaired) electrons. The summed E-state index contributed by atoms with van der Waals surface area (Å²) in [6, 6.07) is 23.9. The number of benzene rings is 3. The van der Waals surface area contributed by atoms with Crippen molar-refractivity contribution in [2.45, 2.75) is 6.42 Å². The lowest BCUT2D eigenvalue weighted by atomic mass is 10.0. The third kappa shape index (κ3) is 2.84. The van der Waals surface area contributed by atoms with Gasteiger partial charge < -0.3 is 5.32 Å². The highest BCUT2D eigenvalue weighted by molar-refractivity contribution is 6.01. The molecule has 4 rings (SSSR count). The number of hydrogen-bond donors (Lipinski definition) is 1. The predicted octanol–water partition coefficient (Wildman–Crippen LogP) is 4.57. The smallest absolute Gasteiger partial charge is 0.228 e. The molecule has 0 saturated carbocycles. The molecule has 0 bridgehead atoms. The van der Waals surface area contributed by atoms with Crippen molar-refractivity contribution in [3.8, 4) is 0 Å². The second-order valence-electron chi connectivity index (χ2n) is 5.78. The maximum absolute atomic E-state index is 12.4. The summed E-state index contributed by atoms with van der Waals surface area (Å²) in [6.45, 7) is 0. The third-order valence-electron chi connectivity index (χ3n) is 4.10. The van der Waals surface area contributed by atoms with E-state index in [1.807, 2.05) is 48.5 Å². The number of rotatable bonds is 3. The van der Waals surface area contributed by atoms with E-state index in [2.05, 4.69) is 34.6 Å². The van der Waals surface area contributed by atoms with Crippen LogP contribution in [0.3, 0.4) is 0 Å². The van der Waals surface area contributed by atoms with Crippen molar-refractivity contribution in [3.63, 3.8) is 0 Å². The number of carbonyl (C=O) groups is 1. The minimum atomic E-state index is -0.0263. The number of pyridine rings is 1. The van der Waals surface area contributed by atoms with Crippen LogP contribution in [-0.2, 0) is 11.2 Å². The fraction of sp³-hybridized carbons (Fsp3) is 0.0476. The molecular weight excluding hydrogens is 296 g/mol. The predicted molar refractivity (Wildman–Crippen MR) is 98.0 cm³/mol. The van der Waals surface area contributed by atoms with Crippen molar-refractivity contribution in [1.29, 1.82) is 0 Å². The Balaban J connectivity index is 1.57. The normalized spacial score (nSPS) is 10.8. The first-order valence-electron chi connectivity index (χ1n) is 7.91. The second-order valence-corrected chi connectivity index (χ2v) is 5.78. The molecule has 3 nitrogen and oxygen atoms in total. The summed E-state index contributed by atoms with van der Waals surface area (Å²) in [4.78, 5) is 16.7. The minimum absolute atomic E-state index is 0.0263. The summed E-state index contributed by atoms with van der Waals surface area (Å²) in [6.07, 6.45) is 2.10. The van der Waals surface area contributed by atoms with E-state index in [0.29, 0.717) is 6.42 Å². The van der Waals surface area contributed by atoms with E-state index in [-0.39, 0.29) is 5.91 Å². The highest BCUT2D eigenvalue weighted by Gasteiger charge is 2.07. The molecule has 0 unspecified atom stereocenters. The number of nitrogens with zero attached hydrogens (tertiary/aromatic N) is 1. The lowest BCUT2D eigenvalue weighted by molar-refractivity contribution is -0.115. The Kier molecular flexibility index (Phi) is 3.67. The largest absolute Gasteiger partial charge is 0.325 e. The third-order valence-corrected chi connectivity index (χ3v) is 4.10. The SMILES string of the molecule is O=C(Cc1ccc2ccccc2c1)Nc1cccc2ncccc12. The molecule has 0 atom stereocenters. The van der Waals surface area contributed by atoms with Gasteiger partial charge in [0.1, 0.15) is 0 Å². The van der Waals surface area contributed by atoms with Crippen molar-refractivity contribution >= 4 is 33.3 Å². The van der Waals surface area contributed by atoms with E-state index in [1.54, 1.807) is 6.20 Å². The first-order valence-corrected chi connectivity index (χ1v) is 7.91. The van der Waals surface area contributed by atoms with Gasteiger partial charge in [-0.15, -0.1) is 0 Å². The number of nitrogens with one attached hydrogen (secondary N) is 1. The first-order chi connectivity index (χ1) is 11.8. The number of fused-ring (bicyclic) bond motifs is 2. The van der Waals surface area contributed by atoms with Crippen LogP contribution in [0.15, 0.2) is 79.0 Å². The molecule has 0 saturated heterocycles. The fourth-order valence-corrected chi connectivity index (χ4v) is 2.94. The molecule has 0 aliphatic rings. The summed E-state index contributed by atoms with van der Waals surface area (Å²) in [7, 11) is 0. The summed E-state index contributed by atoms with van der Waals surface area (Å²) in [5.74, 6) is -0.0263. The highest BCUT2D eigenvalue weighted by atomic mass is 16.1. The molecule has 1 aromatic heterocycles.